The van der Waals surface area contributed by atoms with Crippen LogP contribution >= 0.6 is 15.9 Å². The third-order valence-corrected chi connectivity index (χ3v) is 3.44. The van der Waals surface area contributed by atoms with Crippen LogP contribution in [0.4, 0.5) is 0 Å². The molecule has 0 radical (unpaired) electrons. The van der Waals surface area contributed by atoms with Crippen molar-refractivity contribution in [3.05, 3.63) is 51.9 Å². The molecule has 0 saturated heterocycles. The fourth-order valence-electron chi connectivity index (χ4n) is 1.88. The summed E-state index contributed by atoms with van der Waals surface area (Å²) >= 11 is 3.17. The average molecular weight is 354 g/mol. The standard InChI is InChI=1S/C15H16BrNO4/c1-9-7-13(16)21-14(9)15(19)17-8-12(18)10-3-5-11(20-2)6-4-10/h3-7,12,18H,8H2,1-2H3,(H,17,19). The van der Waals surface area contributed by atoms with Gasteiger partial charge in [-0.3, -0.25) is 4.79 Å². The topological polar surface area (TPSA) is 71.7 Å². The number of furan rings is 1. The summed E-state index contributed by atoms with van der Waals surface area (Å²) in [6.45, 7) is 1.88. The van der Waals surface area contributed by atoms with E-state index in [1.54, 1.807) is 44.4 Å². The lowest BCUT2D eigenvalue weighted by atomic mass is 10.1. The molecule has 1 atom stereocenters. The third-order valence-electron chi connectivity index (χ3n) is 3.05. The van der Waals surface area contributed by atoms with Crippen molar-refractivity contribution in [3.8, 4) is 5.75 Å². The Labute approximate surface area is 131 Å². The molecule has 0 spiro atoms. The molecule has 1 unspecified atom stereocenters. The predicted octanol–water partition coefficient (Wildman–Crippen LogP) is 2.82. The second kappa shape index (κ2) is 6.78. The highest BCUT2D eigenvalue weighted by molar-refractivity contribution is 9.10. The zero-order chi connectivity index (χ0) is 15.4. The molecule has 0 aliphatic carbocycles. The largest absolute Gasteiger partial charge is 0.497 e. The number of aliphatic hydroxyl groups excluding tert-OH is 1. The van der Waals surface area contributed by atoms with Crippen molar-refractivity contribution >= 4 is 21.8 Å². The Bertz CT molecular complexity index is 621. The highest BCUT2D eigenvalue weighted by atomic mass is 79.9. The number of rotatable bonds is 5. The maximum Gasteiger partial charge on any atom is 0.287 e. The molecular formula is C15H16BrNO4. The highest BCUT2D eigenvalue weighted by Gasteiger charge is 2.16. The SMILES string of the molecule is COc1ccc(C(O)CNC(=O)c2oc(Br)cc2C)cc1. The van der Waals surface area contributed by atoms with Gasteiger partial charge in [-0.15, -0.1) is 0 Å². The highest BCUT2D eigenvalue weighted by Crippen LogP contribution is 2.20. The Morgan fingerprint density at radius 1 is 1.43 bits per heavy atom. The van der Waals surface area contributed by atoms with Gasteiger partial charge in [0.05, 0.1) is 13.2 Å². The van der Waals surface area contributed by atoms with Crippen LogP contribution < -0.4 is 10.1 Å². The Kier molecular flexibility index (Phi) is 5.03. The molecule has 2 N–H and O–H groups in total. The van der Waals surface area contributed by atoms with Crippen molar-refractivity contribution in [2.24, 2.45) is 0 Å². The van der Waals surface area contributed by atoms with Crippen LogP contribution in [0.2, 0.25) is 0 Å². The van der Waals surface area contributed by atoms with E-state index in [0.29, 0.717) is 16.0 Å². The van der Waals surface area contributed by atoms with E-state index in [4.69, 9.17) is 9.15 Å². The summed E-state index contributed by atoms with van der Waals surface area (Å²) in [6.07, 6.45) is -0.793. The maximum absolute atomic E-state index is 12.0. The molecule has 21 heavy (non-hydrogen) atoms. The number of nitrogens with one attached hydrogen (secondary N) is 1. The number of ether oxygens (including phenoxy) is 1. The van der Waals surface area contributed by atoms with Gasteiger partial charge in [0.1, 0.15) is 5.75 Å². The van der Waals surface area contributed by atoms with E-state index in [1.165, 1.54) is 0 Å². The van der Waals surface area contributed by atoms with E-state index in [1.807, 2.05) is 0 Å². The summed E-state index contributed by atoms with van der Waals surface area (Å²) < 4.78 is 10.8. The van der Waals surface area contributed by atoms with Crippen molar-refractivity contribution < 1.29 is 19.1 Å². The summed E-state index contributed by atoms with van der Waals surface area (Å²) in [5.41, 5.74) is 1.44. The summed E-state index contributed by atoms with van der Waals surface area (Å²) in [7, 11) is 1.58. The van der Waals surface area contributed by atoms with Gasteiger partial charge in [0.25, 0.3) is 5.91 Å². The van der Waals surface area contributed by atoms with Crippen molar-refractivity contribution in [2.45, 2.75) is 13.0 Å². The van der Waals surface area contributed by atoms with Crippen molar-refractivity contribution in [1.82, 2.24) is 5.32 Å². The van der Waals surface area contributed by atoms with E-state index >= 15 is 0 Å². The lowest BCUT2D eigenvalue weighted by Gasteiger charge is -2.12. The van der Waals surface area contributed by atoms with Gasteiger partial charge < -0.3 is 19.6 Å². The lowest BCUT2D eigenvalue weighted by Crippen LogP contribution is -2.28. The van der Waals surface area contributed by atoms with Gasteiger partial charge in [0.2, 0.25) is 0 Å². The fourth-order valence-corrected chi connectivity index (χ4v) is 2.39. The quantitative estimate of drug-likeness (QED) is 0.866. The van der Waals surface area contributed by atoms with Crippen LogP contribution in [0.1, 0.15) is 27.8 Å². The summed E-state index contributed by atoms with van der Waals surface area (Å²) in [5.74, 6) is 0.598. The molecule has 1 aromatic carbocycles. The third kappa shape index (κ3) is 3.86. The van der Waals surface area contributed by atoms with E-state index < -0.39 is 6.10 Å². The number of methoxy groups -OCH3 is 1. The Morgan fingerprint density at radius 2 is 2.10 bits per heavy atom. The van der Waals surface area contributed by atoms with Gasteiger partial charge in [-0.25, -0.2) is 0 Å². The Balaban J connectivity index is 1.95. The number of hydrogen-bond donors (Lipinski definition) is 2. The first-order valence-corrected chi connectivity index (χ1v) is 7.16. The second-order valence-corrected chi connectivity index (χ2v) is 5.34. The minimum Gasteiger partial charge on any atom is -0.497 e. The van der Waals surface area contributed by atoms with Gasteiger partial charge in [-0.2, -0.15) is 0 Å². The first-order valence-electron chi connectivity index (χ1n) is 6.37. The number of carbonyl (C=O) groups excluding carboxylic acids is 1. The molecular weight excluding hydrogens is 338 g/mol. The van der Waals surface area contributed by atoms with Crippen LogP contribution in [0.15, 0.2) is 39.4 Å². The summed E-state index contributed by atoms with van der Waals surface area (Å²) in [6, 6.07) is 8.74. The summed E-state index contributed by atoms with van der Waals surface area (Å²) in [4.78, 5) is 12.0. The van der Waals surface area contributed by atoms with Crippen LogP contribution in [-0.2, 0) is 0 Å². The first-order chi connectivity index (χ1) is 10.0. The van der Waals surface area contributed by atoms with Gasteiger partial charge in [0.15, 0.2) is 10.4 Å². The number of hydrogen-bond acceptors (Lipinski definition) is 4. The molecule has 112 valence electrons. The monoisotopic (exact) mass is 353 g/mol. The number of aryl methyl sites for hydroxylation is 1. The van der Waals surface area contributed by atoms with E-state index in [0.717, 1.165) is 5.56 Å². The zero-order valence-corrected chi connectivity index (χ0v) is 13.3. The normalized spacial score (nSPS) is 12.0. The van der Waals surface area contributed by atoms with E-state index in [9.17, 15) is 9.90 Å². The molecule has 2 aromatic rings. The maximum atomic E-state index is 12.0. The van der Waals surface area contributed by atoms with Gasteiger partial charge in [-0.05, 0) is 46.6 Å². The van der Waals surface area contributed by atoms with Crippen molar-refractivity contribution in [3.63, 3.8) is 0 Å². The minimum atomic E-state index is -0.793. The predicted molar refractivity (Wildman–Crippen MR) is 81.4 cm³/mol. The van der Waals surface area contributed by atoms with Gasteiger partial charge in [0, 0.05) is 12.1 Å². The fraction of sp³-hybridized carbons (Fsp3) is 0.267. The van der Waals surface area contributed by atoms with E-state index in [-0.39, 0.29) is 18.2 Å². The molecule has 5 nitrogen and oxygen atoms in total. The molecule has 0 aliphatic heterocycles. The molecule has 0 fully saturated rings. The van der Waals surface area contributed by atoms with Crippen LogP contribution in [0.25, 0.3) is 0 Å². The van der Waals surface area contributed by atoms with Crippen LogP contribution in [0.3, 0.4) is 0 Å². The lowest BCUT2D eigenvalue weighted by molar-refractivity contribution is 0.0887. The molecule has 0 aliphatic rings. The molecule has 1 amide bonds. The van der Waals surface area contributed by atoms with Crippen molar-refractivity contribution in [2.75, 3.05) is 13.7 Å². The number of aliphatic hydroxyl groups is 1. The molecule has 6 heteroatoms. The second-order valence-electron chi connectivity index (χ2n) is 4.56. The van der Waals surface area contributed by atoms with Crippen LogP contribution in [0, 0.1) is 6.92 Å². The Morgan fingerprint density at radius 3 is 2.62 bits per heavy atom. The smallest absolute Gasteiger partial charge is 0.287 e. The Hall–Kier alpha value is -1.79. The van der Waals surface area contributed by atoms with Crippen LogP contribution in [0.5, 0.6) is 5.75 Å². The van der Waals surface area contributed by atoms with Gasteiger partial charge in [-0.1, -0.05) is 12.1 Å². The molecule has 0 bridgehead atoms. The van der Waals surface area contributed by atoms with E-state index in [2.05, 4.69) is 21.2 Å². The molecule has 0 saturated carbocycles. The number of carbonyl (C=O) groups is 1. The first kappa shape index (κ1) is 15.6. The minimum absolute atomic E-state index is 0.100. The van der Waals surface area contributed by atoms with Gasteiger partial charge >= 0.3 is 0 Å². The number of benzene rings is 1. The van der Waals surface area contributed by atoms with Crippen molar-refractivity contribution in [1.29, 1.82) is 0 Å². The number of halogens is 1. The summed E-state index contributed by atoms with van der Waals surface area (Å²) in [5, 5.41) is 12.7. The molecule has 1 heterocycles. The molecule has 1 aromatic heterocycles. The zero-order valence-electron chi connectivity index (χ0n) is 11.7. The average Bonchev–Trinajstić information content (AvgIpc) is 2.83. The number of amides is 1. The van der Waals surface area contributed by atoms with Crippen LogP contribution in [-0.4, -0.2) is 24.7 Å². The molecule has 2 rings (SSSR count).